The van der Waals surface area contributed by atoms with E-state index in [0.29, 0.717) is 26.3 Å². The van der Waals surface area contributed by atoms with Crippen LogP contribution in [0.2, 0.25) is 10.0 Å². The van der Waals surface area contributed by atoms with Crippen LogP contribution in [-0.2, 0) is 4.79 Å². The van der Waals surface area contributed by atoms with E-state index < -0.39 is 0 Å². The van der Waals surface area contributed by atoms with E-state index in [1.165, 1.54) is 13.0 Å². The molecule has 0 radical (unpaired) electrons. The molecule has 1 atom stereocenters. The molecule has 8 heteroatoms. The van der Waals surface area contributed by atoms with Crippen molar-refractivity contribution in [2.75, 3.05) is 5.75 Å². The standard InChI is InChI=1S/C19H17Cl2N3O2S/c1-10(15-5-4-14(20)7-17(15)21)23-18(26)9-27-19-13(8-22)6-16(12(3)25)11(2)24-19/h4-7,10H,9H2,1-3H3,(H,23,26)/t10-/m0/s1. The second-order valence-electron chi connectivity index (χ2n) is 5.89. The third-order valence-corrected chi connectivity index (χ3v) is 5.38. The summed E-state index contributed by atoms with van der Waals surface area (Å²) in [4.78, 5) is 28.2. The first kappa shape index (κ1) is 21.2. The van der Waals surface area contributed by atoms with Crippen LogP contribution in [0.15, 0.2) is 29.3 Å². The van der Waals surface area contributed by atoms with Gasteiger partial charge in [-0.2, -0.15) is 5.26 Å². The van der Waals surface area contributed by atoms with E-state index in [-0.39, 0.29) is 29.0 Å². The predicted molar refractivity (Wildman–Crippen MR) is 107 cm³/mol. The fourth-order valence-corrected chi connectivity index (χ4v) is 3.86. The first-order valence-corrected chi connectivity index (χ1v) is 9.76. The minimum atomic E-state index is -0.298. The Bertz CT molecular complexity index is 941. The predicted octanol–water partition coefficient (Wildman–Crippen LogP) is 4.74. The molecule has 0 saturated carbocycles. The third kappa shape index (κ3) is 5.46. The van der Waals surface area contributed by atoms with Gasteiger partial charge < -0.3 is 5.32 Å². The van der Waals surface area contributed by atoms with Crippen LogP contribution in [-0.4, -0.2) is 22.4 Å². The summed E-state index contributed by atoms with van der Waals surface area (Å²) in [7, 11) is 0. The summed E-state index contributed by atoms with van der Waals surface area (Å²) in [6.07, 6.45) is 0. The van der Waals surface area contributed by atoms with Crippen molar-refractivity contribution in [3.05, 3.63) is 56.7 Å². The first-order chi connectivity index (χ1) is 12.7. The van der Waals surface area contributed by atoms with Crippen LogP contribution in [0.5, 0.6) is 0 Å². The van der Waals surface area contributed by atoms with Gasteiger partial charge in [0, 0.05) is 21.3 Å². The molecule has 27 heavy (non-hydrogen) atoms. The summed E-state index contributed by atoms with van der Waals surface area (Å²) in [6.45, 7) is 4.95. The molecule has 0 aliphatic carbocycles. The van der Waals surface area contributed by atoms with Crippen LogP contribution in [0.1, 0.15) is 47.1 Å². The number of nitrogens with one attached hydrogen (secondary N) is 1. The highest BCUT2D eigenvalue weighted by molar-refractivity contribution is 8.00. The van der Waals surface area contributed by atoms with Gasteiger partial charge in [0.15, 0.2) is 5.78 Å². The summed E-state index contributed by atoms with van der Waals surface area (Å²) in [5.41, 5.74) is 1.98. The zero-order chi connectivity index (χ0) is 20.1. The van der Waals surface area contributed by atoms with E-state index >= 15 is 0 Å². The van der Waals surface area contributed by atoms with Gasteiger partial charge >= 0.3 is 0 Å². The molecule has 1 heterocycles. The smallest absolute Gasteiger partial charge is 0.230 e. The summed E-state index contributed by atoms with van der Waals surface area (Å²) < 4.78 is 0. The number of aryl methyl sites for hydroxylation is 1. The topological polar surface area (TPSA) is 82.8 Å². The number of benzene rings is 1. The fourth-order valence-electron chi connectivity index (χ4n) is 2.48. The zero-order valence-electron chi connectivity index (χ0n) is 15.0. The lowest BCUT2D eigenvalue weighted by molar-refractivity contribution is -0.119. The number of amides is 1. The molecule has 0 fully saturated rings. The molecule has 140 valence electrons. The van der Waals surface area contributed by atoms with Crippen molar-refractivity contribution in [2.45, 2.75) is 31.8 Å². The number of Topliss-reactive ketones (excluding diaryl/α,β-unsaturated/α-hetero) is 1. The Balaban J connectivity index is 2.06. The van der Waals surface area contributed by atoms with Gasteiger partial charge in [-0.25, -0.2) is 4.98 Å². The van der Waals surface area contributed by atoms with Gasteiger partial charge in [-0.05, 0) is 44.5 Å². The Kier molecular flexibility index (Phi) is 7.25. The Hall–Kier alpha value is -2.07. The monoisotopic (exact) mass is 421 g/mol. The number of hydrogen-bond acceptors (Lipinski definition) is 5. The molecular weight excluding hydrogens is 405 g/mol. The highest BCUT2D eigenvalue weighted by atomic mass is 35.5. The van der Waals surface area contributed by atoms with E-state index in [2.05, 4.69) is 10.3 Å². The average Bonchev–Trinajstić information content (AvgIpc) is 2.59. The molecule has 1 aromatic carbocycles. The lowest BCUT2D eigenvalue weighted by Crippen LogP contribution is -2.28. The average molecular weight is 422 g/mol. The molecule has 2 rings (SSSR count). The molecule has 0 aliphatic rings. The number of carbonyl (C=O) groups excluding carboxylic acids is 2. The first-order valence-electron chi connectivity index (χ1n) is 8.02. The summed E-state index contributed by atoms with van der Waals surface area (Å²) in [6, 6.07) is 8.34. The molecule has 2 aromatic rings. The quantitative estimate of drug-likeness (QED) is 0.537. The van der Waals surface area contributed by atoms with Crippen molar-refractivity contribution in [1.82, 2.24) is 10.3 Å². The van der Waals surface area contributed by atoms with Gasteiger partial charge in [0.1, 0.15) is 11.1 Å². The lowest BCUT2D eigenvalue weighted by atomic mass is 10.1. The fraction of sp³-hybridized carbons (Fsp3) is 0.263. The zero-order valence-corrected chi connectivity index (χ0v) is 17.3. The maximum atomic E-state index is 12.3. The second-order valence-corrected chi connectivity index (χ2v) is 7.69. The summed E-state index contributed by atoms with van der Waals surface area (Å²) in [5, 5.41) is 13.6. The molecule has 1 amide bonds. The lowest BCUT2D eigenvalue weighted by Gasteiger charge is -2.16. The second kappa shape index (κ2) is 9.23. The number of thioether (sulfide) groups is 1. The molecule has 0 saturated heterocycles. The van der Waals surface area contributed by atoms with Gasteiger partial charge in [-0.3, -0.25) is 9.59 Å². The number of halogens is 2. The number of ketones is 1. The number of hydrogen-bond donors (Lipinski definition) is 1. The summed E-state index contributed by atoms with van der Waals surface area (Å²) in [5.74, 6) is -0.298. The molecular formula is C19H17Cl2N3O2S. The van der Waals surface area contributed by atoms with E-state index in [0.717, 1.165) is 17.3 Å². The van der Waals surface area contributed by atoms with Crippen LogP contribution in [0.4, 0.5) is 0 Å². The van der Waals surface area contributed by atoms with Crippen molar-refractivity contribution in [2.24, 2.45) is 0 Å². The largest absolute Gasteiger partial charge is 0.349 e. The molecule has 0 spiro atoms. The van der Waals surface area contributed by atoms with Crippen LogP contribution in [0.25, 0.3) is 0 Å². The van der Waals surface area contributed by atoms with Crippen molar-refractivity contribution in [3.8, 4) is 6.07 Å². The van der Waals surface area contributed by atoms with Crippen LogP contribution in [0.3, 0.4) is 0 Å². The number of pyridine rings is 1. The number of carbonyl (C=O) groups is 2. The number of nitrogens with zero attached hydrogens (tertiary/aromatic N) is 2. The normalized spacial score (nSPS) is 11.6. The van der Waals surface area contributed by atoms with Gasteiger partial charge in [0.05, 0.1) is 17.4 Å². The van der Waals surface area contributed by atoms with Crippen molar-refractivity contribution >= 4 is 46.7 Å². The highest BCUT2D eigenvalue weighted by Gasteiger charge is 2.16. The summed E-state index contributed by atoms with van der Waals surface area (Å²) >= 11 is 13.2. The molecule has 1 N–H and O–H groups in total. The number of rotatable bonds is 6. The molecule has 0 unspecified atom stereocenters. The van der Waals surface area contributed by atoms with E-state index in [9.17, 15) is 14.9 Å². The molecule has 1 aromatic heterocycles. The van der Waals surface area contributed by atoms with Crippen LogP contribution in [0, 0.1) is 18.3 Å². The van der Waals surface area contributed by atoms with Crippen molar-refractivity contribution in [3.63, 3.8) is 0 Å². The van der Waals surface area contributed by atoms with Crippen LogP contribution < -0.4 is 5.32 Å². The van der Waals surface area contributed by atoms with Gasteiger partial charge in [-0.1, -0.05) is 41.0 Å². The van der Waals surface area contributed by atoms with E-state index in [1.807, 2.05) is 13.0 Å². The Labute approximate surface area is 172 Å². The Morgan fingerprint density at radius 2 is 2.04 bits per heavy atom. The number of aromatic nitrogens is 1. The maximum absolute atomic E-state index is 12.3. The molecule has 5 nitrogen and oxygen atoms in total. The highest BCUT2D eigenvalue weighted by Crippen LogP contribution is 2.27. The van der Waals surface area contributed by atoms with Gasteiger partial charge in [0.25, 0.3) is 0 Å². The van der Waals surface area contributed by atoms with E-state index in [4.69, 9.17) is 23.2 Å². The Morgan fingerprint density at radius 3 is 2.63 bits per heavy atom. The molecule has 0 bridgehead atoms. The van der Waals surface area contributed by atoms with Crippen molar-refractivity contribution in [1.29, 1.82) is 5.26 Å². The Morgan fingerprint density at radius 1 is 1.33 bits per heavy atom. The maximum Gasteiger partial charge on any atom is 0.230 e. The van der Waals surface area contributed by atoms with Gasteiger partial charge in [-0.15, -0.1) is 0 Å². The minimum Gasteiger partial charge on any atom is -0.349 e. The minimum absolute atomic E-state index is 0.0795. The van der Waals surface area contributed by atoms with Gasteiger partial charge in [0.2, 0.25) is 5.91 Å². The van der Waals surface area contributed by atoms with E-state index in [1.54, 1.807) is 25.1 Å². The third-order valence-electron chi connectivity index (χ3n) is 3.82. The number of nitriles is 1. The molecule has 0 aliphatic heterocycles. The van der Waals surface area contributed by atoms with Crippen molar-refractivity contribution < 1.29 is 9.59 Å². The van der Waals surface area contributed by atoms with Crippen LogP contribution >= 0.6 is 35.0 Å². The SMILES string of the molecule is CC(=O)c1cc(C#N)c(SCC(=O)N[C@@H](C)c2ccc(Cl)cc2Cl)nc1C.